The molecule has 3 fully saturated rings. The van der Waals surface area contributed by atoms with E-state index in [1.165, 1.54) is 7.11 Å². The molecule has 2 bridgehead atoms. The van der Waals surface area contributed by atoms with Crippen LogP contribution in [0.25, 0.3) is 0 Å². The summed E-state index contributed by atoms with van der Waals surface area (Å²) < 4.78 is 22.9. The Balaban J connectivity index is 1.45. The molecule has 1 aliphatic heterocycles. The summed E-state index contributed by atoms with van der Waals surface area (Å²) in [7, 11) is 0.349. The van der Waals surface area contributed by atoms with Gasteiger partial charge in [0.2, 0.25) is 0 Å². The zero-order valence-electron chi connectivity index (χ0n) is 23.7. The number of fused-ring (bicyclic) bond motifs is 1. The highest BCUT2D eigenvalue weighted by atomic mass is 16.6. The highest BCUT2D eigenvalue weighted by Gasteiger charge is 2.68. The largest absolute Gasteiger partial charge is 0.495 e. The van der Waals surface area contributed by atoms with E-state index in [0.717, 1.165) is 24.8 Å². The number of benzene rings is 1. The predicted molar refractivity (Wildman–Crippen MR) is 146 cm³/mol. The molecule has 3 saturated carbocycles. The van der Waals surface area contributed by atoms with Gasteiger partial charge in [0.15, 0.2) is 18.1 Å². The van der Waals surface area contributed by atoms with E-state index in [9.17, 15) is 19.7 Å². The second-order valence-corrected chi connectivity index (χ2v) is 12.7. The van der Waals surface area contributed by atoms with Gasteiger partial charge in [-0.15, -0.1) is 6.58 Å². The van der Waals surface area contributed by atoms with Gasteiger partial charge in [0.1, 0.15) is 11.9 Å². The SMILES string of the molecule is C=C[C@]1(C)C[C@@H](OC(=O)COc2ccc3c(c2OC)B(O)OC3)[C@]2(C)[C@H](C)CC[C@]3(CCC(=O)[C@H]32)[C@@H](C)[C@@H]1O. The van der Waals surface area contributed by atoms with E-state index < -0.39 is 36.1 Å². The van der Waals surface area contributed by atoms with Gasteiger partial charge in [-0.05, 0) is 54.6 Å². The molecule has 0 aromatic heterocycles. The first-order valence-electron chi connectivity index (χ1n) is 14.1. The van der Waals surface area contributed by atoms with Crippen LogP contribution >= 0.6 is 0 Å². The summed E-state index contributed by atoms with van der Waals surface area (Å²) in [6, 6.07) is 3.46. The van der Waals surface area contributed by atoms with Gasteiger partial charge in [-0.2, -0.15) is 0 Å². The molecule has 212 valence electrons. The lowest BCUT2D eigenvalue weighted by atomic mass is 9.44. The lowest BCUT2D eigenvalue weighted by molar-refractivity contribution is -0.207. The molecular formula is C30H41BO8. The van der Waals surface area contributed by atoms with E-state index in [4.69, 9.17) is 18.9 Å². The second kappa shape index (κ2) is 9.93. The van der Waals surface area contributed by atoms with Gasteiger partial charge in [0.25, 0.3) is 0 Å². The highest BCUT2D eigenvalue weighted by molar-refractivity contribution is 6.62. The minimum atomic E-state index is -1.12. The standard InChI is InChI=1S/C30H41BO8/c1-7-28(4)14-22(29(5)17(2)10-12-30(18(3)27(28)34)13-11-20(32)26(29)30)39-23(33)16-37-21-9-8-19-15-38-31(35)24(19)25(21)36-6/h7-9,17-18,22,26-27,34-35H,1,10-16H2,2-6H3/t17-,18+,22-,26+,27+,28-,29+,30+/m1/s1. The van der Waals surface area contributed by atoms with Crippen LogP contribution in [0.3, 0.4) is 0 Å². The Morgan fingerprint density at radius 2 is 2.03 bits per heavy atom. The normalized spacial score (nSPS) is 39.3. The van der Waals surface area contributed by atoms with Gasteiger partial charge < -0.3 is 29.0 Å². The molecule has 1 aromatic rings. The molecule has 9 heteroatoms. The number of methoxy groups -OCH3 is 1. The number of aliphatic hydroxyl groups excluding tert-OH is 1. The third-order valence-electron chi connectivity index (χ3n) is 11.0. The molecule has 5 rings (SSSR count). The van der Waals surface area contributed by atoms with Gasteiger partial charge in [-0.3, -0.25) is 4.79 Å². The molecule has 1 heterocycles. The Morgan fingerprint density at radius 3 is 2.72 bits per heavy atom. The first-order valence-corrected chi connectivity index (χ1v) is 14.1. The van der Waals surface area contributed by atoms with Crippen molar-refractivity contribution in [1.29, 1.82) is 0 Å². The molecular weight excluding hydrogens is 499 g/mol. The molecule has 39 heavy (non-hydrogen) atoms. The molecule has 0 amide bonds. The maximum absolute atomic E-state index is 13.5. The van der Waals surface area contributed by atoms with Crippen molar-refractivity contribution in [2.75, 3.05) is 13.7 Å². The van der Waals surface area contributed by atoms with E-state index in [1.54, 1.807) is 18.2 Å². The van der Waals surface area contributed by atoms with Crippen LogP contribution in [0.15, 0.2) is 24.8 Å². The van der Waals surface area contributed by atoms with Crippen molar-refractivity contribution in [3.05, 3.63) is 30.4 Å². The Morgan fingerprint density at radius 1 is 1.28 bits per heavy atom. The third kappa shape index (κ3) is 4.15. The summed E-state index contributed by atoms with van der Waals surface area (Å²) in [6.07, 6.45) is 3.84. The summed E-state index contributed by atoms with van der Waals surface area (Å²) in [4.78, 5) is 26.9. The molecule has 8 nitrogen and oxygen atoms in total. The molecule has 1 aromatic carbocycles. The molecule has 8 atom stereocenters. The average Bonchev–Trinajstić information content (AvgIpc) is 3.48. The summed E-state index contributed by atoms with van der Waals surface area (Å²) >= 11 is 0. The Bertz CT molecular complexity index is 1170. The van der Waals surface area contributed by atoms with Crippen molar-refractivity contribution in [1.82, 2.24) is 0 Å². The lowest BCUT2D eigenvalue weighted by Gasteiger charge is -2.61. The fraction of sp³-hybridized carbons (Fsp3) is 0.667. The van der Waals surface area contributed by atoms with Crippen LogP contribution in [0, 0.1) is 34.0 Å². The quantitative estimate of drug-likeness (QED) is 0.322. The highest BCUT2D eigenvalue weighted by Crippen LogP contribution is 2.68. The Labute approximate surface area is 231 Å². The van der Waals surface area contributed by atoms with Gasteiger partial charge in [-0.1, -0.05) is 39.8 Å². The summed E-state index contributed by atoms with van der Waals surface area (Å²) in [5.74, 6) is 0.0427. The van der Waals surface area contributed by atoms with Crippen molar-refractivity contribution in [3.63, 3.8) is 0 Å². The van der Waals surface area contributed by atoms with Crippen LogP contribution < -0.4 is 14.9 Å². The van der Waals surface area contributed by atoms with E-state index >= 15 is 0 Å². The minimum absolute atomic E-state index is 0.0876. The number of ether oxygens (including phenoxy) is 3. The Kier molecular flexibility index (Phi) is 7.17. The van der Waals surface area contributed by atoms with Crippen molar-refractivity contribution < 1.29 is 38.6 Å². The van der Waals surface area contributed by atoms with E-state index in [0.29, 0.717) is 29.8 Å². The smallest absolute Gasteiger partial charge is 0.493 e. The average molecular weight is 540 g/mol. The maximum Gasteiger partial charge on any atom is 0.495 e. The van der Waals surface area contributed by atoms with Crippen LogP contribution in [-0.2, 0) is 25.6 Å². The molecule has 0 unspecified atom stereocenters. The summed E-state index contributed by atoms with van der Waals surface area (Å²) in [6.45, 7) is 12.3. The first kappa shape index (κ1) is 28.2. The van der Waals surface area contributed by atoms with Crippen LogP contribution in [-0.4, -0.2) is 54.9 Å². The molecule has 2 N–H and O–H groups in total. The molecule has 3 aliphatic carbocycles. The monoisotopic (exact) mass is 540 g/mol. The molecule has 4 aliphatic rings. The number of carbonyl (C=O) groups excluding carboxylic acids is 2. The maximum atomic E-state index is 13.5. The predicted octanol–water partition coefficient (Wildman–Crippen LogP) is 3.20. The molecule has 0 radical (unpaired) electrons. The van der Waals surface area contributed by atoms with Gasteiger partial charge in [0.05, 0.1) is 19.8 Å². The topological polar surface area (TPSA) is 112 Å². The number of ketones is 1. The fourth-order valence-electron chi connectivity index (χ4n) is 8.42. The number of rotatable bonds is 6. The number of Topliss-reactive ketones (excluding diaryl/α,β-unsaturated/α-hetero) is 1. The number of aliphatic hydroxyl groups is 1. The Hall–Kier alpha value is -2.36. The molecule has 0 spiro atoms. The van der Waals surface area contributed by atoms with Gasteiger partial charge in [0, 0.05) is 28.6 Å². The fourth-order valence-corrected chi connectivity index (χ4v) is 8.42. The summed E-state index contributed by atoms with van der Waals surface area (Å²) in [5.41, 5.74) is -0.332. The van der Waals surface area contributed by atoms with Crippen LogP contribution in [0.5, 0.6) is 11.5 Å². The van der Waals surface area contributed by atoms with Gasteiger partial charge >= 0.3 is 13.1 Å². The number of hydrogen-bond donors (Lipinski definition) is 2. The van der Waals surface area contributed by atoms with Crippen molar-refractivity contribution >= 4 is 24.3 Å². The van der Waals surface area contributed by atoms with Crippen LogP contribution in [0.2, 0.25) is 0 Å². The van der Waals surface area contributed by atoms with Gasteiger partial charge in [-0.25, -0.2) is 4.79 Å². The minimum Gasteiger partial charge on any atom is -0.493 e. The third-order valence-corrected chi connectivity index (χ3v) is 11.0. The van der Waals surface area contributed by atoms with E-state index in [2.05, 4.69) is 27.4 Å². The van der Waals surface area contributed by atoms with E-state index in [-0.39, 0.29) is 42.2 Å². The van der Waals surface area contributed by atoms with Crippen molar-refractivity contribution in [2.24, 2.45) is 34.0 Å². The number of hydrogen-bond acceptors (Lipinski definition) is 8. The second-order valence-electron chi connectivity index (χ2n) is 12.7. The zero-order chi connectivity index (χ0) is 28.3. The zero-order valence-corrected chi connectivity index (χ0v) is 23.7. The summed E-state index contributed by atoms with van der Waals surface area (Å²) in [5, 5.41) is 21.9. The lowest BCUT2D eigenvalue weighted by Crippen LogP contribution is -2.63. The number of carbonyl (C=O) groups is 2. The van der Waals surface area contributed by atoms with Crippen molar-refractivity contribution in [2.45, 2.75) is 78.6 Å². The number of esters is 1. The van der Waals surface area contributed by atoms with E-state index in [1.807, 2.05) is 6.92 Å². The first-order chi connectivity index (χ1) is 18.4. The van der Waals surface area contributed by atoms with Crippen molar-refractivity contribution in [3.8, 4) is 11.5 Å². The van der Waals surface area contributed by atoms with Crippen LogP contribution in [0.4, 0.5) is 0 Å². The van der Waals surface area contributed by atoms with Crippen LogP contribution in [0.1, 0.15) is 65.4 Å². The molecule has 0 saturated heterocycles.